The van der Waals surface area contributed by atoms with Crippen molar-refractivity contribution in [3.8, 4) is 0 Å². The molecule has 0 aromatic carbocycles. The van der Waals surface area contributed by atoms with E-state index < -0.39 is 0 Å². The minimum absolute atomic E-state index is 0.00556. The number of hydrogen-bond acceptors (Lipinski definition) is 3. The second-order valence-corrected chi connectivity index (χ2v) is 4.18. The lowest BCUT2D eigenvalue weighted by atomic mass is 10.1. The highest BCUT2D eigenvalue weighted by Gasteiger charge is 2.34. The highest BCUT2D eigenvalue weighted by Crippen LogP contribution is 2.11. The Morgan fingerprint density at radius 2 is 2.25 bits per heavy atom. The number of piperazine rings is 1. The fourth-order valence-corrected chi connectivity index (χ4v) is 1.92. The fraction of sp³-hybridized carbons (Fsp3) is 0.818. The second kappa shape index (κ2) is 5.84. The van der Waals surface area contributed by atoms with Gasteiger partial charge in [-0.3, -0.25) is 9.59 Å². The molecule has 2 unspecified atom stereocenters. The number of rotatable bonds is 5. The van der Waals surface area contributed by atoms with E-state index in [1.165, 1.54) is 0 Å². The van der Waals surface area contributed by atoms with Crippen molar-refractivity contribution in [2.45, 2.75) is 38.8 Å². The SMILES string of the molecule is CCCC1NC(=O)CN(C(C)COC)C1=O. The lowest BCUT2D eigenvalue weighted by Gasteiger charge is -2.36. The van der Waals surface area contributed by atoms with E-state index in [9.17, 15) is 9.59 Å². The van der Waals surface area contributed by atoms with Crippen LogP contribution in [0.25, 0.3) is 0 Å². The maximum Gasteiger partial charge on any atom is 0.245 e. The zero-order chi connectivity index (χ0) is 12.1. The fourth-order valence-electron chi connectivity index (χ4n) is 1.92. The number of hydrogen-bond donors (Lipinski definition) is 1. The van der Waals surface area contributed by atoms with Crippen molar-refractivity contribution in [2.75, 3.05) is 20.3 Å². The Kier molecular flexibility index (Phi) is 4.73. The molecule has 1 heterocycles. The van der Waals surface area contributed by atoms with Crippen LogP contribution in [0.1, 0.15) is 26.7 Å². The van der Waals surface area contributed by atoms with Gasteiger partial charge in [-0.25, -0.2) is 0 Å². The molecule has 1 aliphatic heterocycles. The molecule has 0 bridgehead atoms. The Morgan fingerprint density at radius 3 is 2.81 bits per heavy atom. The molecule has 1 fully saturated rings. The molecular formula is C11H20N2O3. The topological polar surface area (TPSA) is 58.6 Å². The number of nitrogens with one attached hydrogen (secondary N) is 1. The van der Waals surface area contributed by atoms with E-state index in [1.54, 1.807) is 12.0 Å². The average molecular weight is 228 g/mol. The number of carbonyl (C=O) groups excluding carboxylic acids is 2. The molecule has 92 valence electrons. The van der Waals surface area contributed by atoms with Crippen LogP contribution >= 0.6 is 0 Å². The van der Waals surface area contributed by atoms with Gasteiger partial charge in [0.15, 0.2) is 0 Å². The molecular weight excluding hydrogens is 208 g/mol. The summed E-state index contributed by atoms with van der Waals surface area (Å²) in [6.07, 6.45) is 1.57. The van der Waals surface area contributed by atoms with Crippen LogP contribution in [0.2, 0.25) is 0 Å². The molecule has 16 heavy (non-hydrogen) atoms. The van der Waals surface area contributed by atoms with Crippen molar-refractivity contribution in [3.63, 3.8) is 0 Å². The predicted molar refractivity (Wildman–Crippen MR) is 59.9 cm³/mol. The zero-order valence-corrected chi connectivity index (χ0v) is 10.2. The summed E-state index contributed by atoms with van der Waals surface area (Å²) in [7, 11) is 1.59. The van der Waals surface area contributed by atoms with E-state index in [-0.39, 0.29) is 30.4 Å². The van der Waals surface area contributed by atoms with E-state index in [0.717, 1.165) is 6.42 Å². The molecule has 0 spiro atoms. The second-order valence-electron chi connectivity index (χ2n) is 4.18. The first-order chi connectivity index (χ1) is 7.60. The van der Waals surface area contributed by atoms with E-state index in [2.05, 4.69) is 5.32 Å². The summed E-state index contributed by atoms with van der Waals surface area (Å²) in [4.78, 5) is 25.1. The largest absolute Gasteiger partial charge is 0.383 e. The number of nitrogens with zero attached hydrogens (tertiary/aromatic N) is 1. The summed E-state index contributed by atoms with van der Waals surface area (Å²) in [6.45, 7) is 4.49. The van der Waals surface area contributed by atoms with Crippen molar-refractivity contribution in [3.05, 3.63) is 0 Å². The first kappa shape index (κ1) is 13.0. The Bertz CT molecular complexity index is 268. The normalized spacial score (nSPS) is 23.2. The van der Waals surface area contributed by atoms with Gasteiger partial charge >= 0.3 is 0 Å². The van der Waals surface area contributed by atoms with E-state index in [1.807, 2.05) is 13.8 Å². The predicted octanol–water partition coefficient (Wildman–Crippen LogP) is 0.148. The van der Waals surface area contributed by atoms with Gasteiger partial charge in [-0.05, 0) is 13.3 Å². The third-order valence-corrected chi connectivity index (χ3v) is 2.75. The maximum absolute atomic E-state index is 12.0. The van der Waals surface area contributed by atoms with Crippen molar-refractivity contribution >= 4 is 11.8 Å². The Balaban J connectivity index is 2.68. The summed E-state index contributed by atoms with van der Waals surface area (Å²) in [5.41, 5.74) is 0. The summed E-state index contributed by atoms with van der Waals surface area (Å²) >= 11 is 0. The highest BCUT2D eigenvalue weighted by molar-refractivity contribution is 5.94. The molecule has 0 aromatic heterocycles. The van der Waals surface area contributed by atoms with Gasteiger partial charge in [-0.1, -0.05) is 13.3 Å². The molecule has 0 radical (unpaired) electrons. The van der Waals surface area contributed by atoms with Gasteiger partial charge in [0.25, 0.3) is 0 Å². The van der Waals surface area contributed by atoms with Gasteiger partial charge in [-0.15, -0.1) is 0 Å². The van der Waals surface area contributed by atoms with Gasteiger partial charge in [0.2, 0.25) is 11.8 Å². The number of methoxy groups -OCH3 is 1. The molecule has 5 heteroatoms. The van der Waals surface area contributed by atoms with Gasteiger partial charge in [0, 0.05) is 7.11 Å². The van der Waals surface area contributed by atoms with E-state index in [0.29, 0.717) is 13.0 Å². The lowest BCUT2D eigenvalue weighted by molar-refractivity contribution is -0.147. The first-order valence-corrected chi connectivity index (χ1v) is 5.69. The first-order valence-electron chi connectivity index (χ1n) is 5.69. The van der Waals surface area contributed by atoms with Crippen molar-refractivity contribution in [2.24, 2.45) is 0 Å². The standard InChI is InChI=1S/C11H20N2O3/c1-4-5-9-11(15)13(6-10(14)12-9)8(2)7-16-3/h8-9H,4-7H2,1-3H3,(H,12,14). The molecule has 1 saturated heterocycles. The maximum atomic E-state index is 12.0. The smallest absolute Gasteiger partial charge is 0.245 e. The Hall–Kier alpha value is -1.10. The van der Waals surface area contributed by atoms with Crippen LogP contribution in [0.4, 0.5) is 0 Å². The Labute approximate surface area is 96.1 Å². The summed E-state index contributed by atoms with van der Waals surface area (Å²) in [5.74, 6) is -0.0768. The van der Waals surface area contributed by atoms with Gasteiger partial charge in [0.05, 0.1) is 19.2 Å². The lowest BCUT2D eigenvalue weighted by Crippen LogP contribution is -2.60. The van der Waals surface area contributed by atoms with Crippen LogP contribution in [-0.4, -0.2) is 49.1 Å². The molecule has 0 saturated carbocycles. The van der Waals surface area contributed by atoms with Gasteiger partial charge < -0.3 is 15.0 Å². The quantitative estimate of drug-likeness (QED) is 0.728. The van der Waals surface area contributed by atoms with Gasteiger partial charge in [-0.2, -0.15) is 0 Å². The number of carbonyl (C=O) groups is 2. The van der Waals surface area contributed by atoms with Crippen LogP contribution < -0.4 is 5.32 Å². The van der Waals surface area contributed by atoms with Crippen molar-refractivity contribution in [1.29, 1.82) is 0 Å². The molecule has 0 aromatic rings. The molecule has 1 aliphatic rings. The number of ether oxygens (including phenoxy) is 1. The molecule has 1 N–H and O–H groups in total. The molecule has 2 amide bonds. The summed E-state index contributed by atoms with van der Waals surface area (Å²) in [6, 6.07) is -0.409. The van der Waals surface area contributed by atoms with Crippen LogP contribution in [0.15, 0.2) is 0 Å². The molecule has 5 nitrogen and oxygen atoms in total. The summed E-state index contributed by atoms with van der Waals surface area (Å²) in [5, 5.41) is 2.72. The molecule has 1 rings (SSSR count). The third kappa shape index (κ3) is 2.95. The molecule has 0 aliphatic carbocycles. The third-order valence-electron chi connectivity index (χ3n) is 2.75. The monoisotopic (exact) mass is 228 g/mol. The van der Waals surface area contributed by atoms with Crippen molar-refractivity contribution < 1.29 is 14.3 Å². The van der Waals surface area contributed by atoms with Gasteiger partial charge in [0.1, 0.15) is 6.04 Å². The number of amides is 2. The van der Waals surface area contributed by atoms with Crippen LogP contribution in [0, 0.1) is 0 Å². The average Bonchev–Trinajstić information content (AvgIpc) is 2.23. The highest BCUT2D eigenvalue weighted by atomic mass is 16.5. The minimum atomic E-state index is -0.356. The molecule has 2 atom stereocenters. The van der Waals surface area contributed by atoms with Crippen LogP contribution in [-0.2, 0) is 14.3 Å². The van der Waals surface area contributed by atoms with E-state index >= 15 is 0 Å². The minimum Gasteiger partial charge on any atom is -0.383 e. The summed E-state index contributed by atoms with van der Waals surface area (Å²) < 4.78 is 5.01. The Morgan fingerprint density at radius 1 is 1.56 bits per heavy atom. The zero-order valence-electron chi connectivity index (χ0n) is 10.2. The van der Waals surface area contributed by atoms with Crippen LogP contribution in [0.3, 0.4) is 0 Å². The van der Waals surface area contributed by atoms with Crippen LogP contribution in [0.5, 0.6) is 0 Å². The van der Waals surface area contributed by atoms with Crippen molar-refractivity contribution in [1.82, 2.24) is 10.2 Å². The van der Waals surface area contributed by atoms with E-state index in [4.69, 9.17) is 4.74 Å².